The first-order chi connectivity index (χ1) is 7.70. The molecule has 1 aromatic carbocycles. The monoisotopic (exact) mass is 224 g/mol. The van der Waals surface area contributed by atoms with E-state index in [0.717, 1.165) is 43.6 Å². The number of fused-ring (bicyclic) bond motifs is 1. The molecule has 0 aliphatic rings. The second-order valence-corrected chi connectivity index (χ2v) is 3.92. The van der Waals surface area contributed by atoms with Gasteiger partial charge in [-0.25, -0.2) is 13.8 Å². The summed E-state index contributed by atoms with van der Waals surface area (Å²) >= 11 is 0. The summed E-state index contributed by atoms with van der Waals surface area (Å²) in [5.74, 6) is -0.885. The zero-order valence-corrected chi connectivity index (χ0v) is 9.19. The number of aryl methyl sites for hydroxylation is 1. The summed E-state index contributed by atoms with van der Waals surface area (Å²) < 4.78 is 25.9. The van der Waals surface area contributed by atoms with Gasteiger partial charge in [0.05, 0.1) is 11.0 Å². The average molecular weight is 224 g/mol. The minimum absolute atomic E-state index is 0.491. The van der Waals surface area contributed by atoms with Crippen LogP contribution in [0.1, 0.15) is 32.0 Å². The Hall–Kier alpha value is -1.45. The molecule has 0 saturated heterocycles. The number of aromatic amines is 1. The van der Waals surface area contributed by atoms with Crippen molar-refractivity contribution in [2.24, 2.45) is 0 Å². The van der Waals surface area contributed by atoms with Crippen LogP contribution in [0.3, 0.4) is 0 Å². The number of nitrogens with one attached hydrogen (secondary N) is 1. The van der Waals surface area contributed by atoms with Gasteiger partial charge in [-0.15, -0.1) is 0 Å². The summed E-state index contributed by atoms with van der Waals surface area (Å²) in [7, 11) is 0. The van der Waals surface area contributed by atoms with Gasteiger partial charge in [-0.3, -0.25) is 0 Å². The number of hydrogen-bond acceptors (Lipinski definition) is 1. The zero-order valence-electron chi connectivity index (χ0n) is 9.19. The molecule has 0 aliphatic carbocycles. The number of nitrogens with zero attached hydrogens (tertiary/aromatic N) is 1. The van der Waals surface area contributed by atoms with Crippen LogP contribution < -0.4 is 0 Å². The molecule has 2 aromatic rings. The van der Waals surface area contributed by atoms with Crippen LogP contribution in [0.2, 0.25) is 0 Å². The predicted octanol–water partition coefficient (Wildman–Crippen LogP) is 3.57. The van der Waals surface area contributed by atoms with Gasteiger partial charge in [0.15, 0.2) is 11.6 Å². The maximum atomic E-state index is 12.9. The highest BCUT2D eigenvalue weighted by Crippen LogP contribution is 2.17. The third kappa shape index (κ3) is 2.21. The molecule has 0 saturated carbocycles. The van der Waals surface area contributed by atoms with E-state index in [1.54, 1.807) is 0 Å². The Balaban J connectivity index is 2.23. The smallest absolute Gasteiger partial charge is 0.161 e. The van der Waals surface area contributed by atoms with Crippen molar-refractivity contribution in [3.63, 3.8) is 0 Å². The molecule has 0 radical (unpaired) electrons. The van der Waals surface area contributed by atoms with Crippen molar-refractivity contribution >= 4 is 11.0 Å². The Kier molecular flexibility index (Phi) is 3.17. The number of unbranched alkanes of at least 4 members (excludes halogenated alkanes) is 2. The van der Waals surface area contributed by atoms with Crippen molar-refractivity contribution in [1.29, 1.82) is 0 Å². The standard InChI is InChI=1S/C12H14F2N2/c1-2-3-4-5-12-15-10-6-8(13)9(14)7-11(10)16-12/h6-7H,2-5H2,1H3,(H,15,16). The molecule has 86 valence electrons. The van der Waals surface area contributed by atoms with Crippen molar-refractivity contribution < 1.29 is 8.78 Å². The van der Waals surface area contributed by atoms with Crippen molar-refractivity contribution in [3.05, 3.63) is 29.6 Å². The van der Waals surface area contributed by atoms with E-state index in [1.807, 2.05) is 0 Å². The first kappa shape index (κ1) is 11.0. The molecule has 0 spiro atoms. The number of imidazole rings is 1. The molecule has 0 amide bonds. The van der Waals surface area contributed by atoms with Crippen LogP contribution in [-0.2, 0) is 6.42 Å². The molecule has 16 heavy (non-hydrogen) atoms. The van der Waals surface area contributed by atoms with Crippen LogP contribution in [-0.4, -0.2) is 9.97 Å². The van der Waals surface area contributed by atoms with Crippen LogP contribution in [0.4, 0.5) is 8.78 Å². The third-order valence-corrected chi connectivity index (χ3v) is 2.59. The molecule has 0 unspecified atom stereocenters. The van der Waals surface area contributed by atoms with E-state index < -0.39 is 11.6 Å². The highest BCUT2D eigenvalue weighted by molar-refractivity contribution is 5.75. The second-order valence-electron chi connectivity index (χ2n) is 3.92. The topological polar surface area (TPSA) is 28.7 Å². The van der Waals surface area contributed by atoms with Crippen molar-refractivity contribution in [1.82, 2.24) is 9.97 Å². The maximum Gasteiger partial charge on any atom is 0.161 e. The fraction of sp³-hybridized carbons (Fsp3) is 0.417. The molecular weight excluding hydrogens is 210 g/mol. The van der Waals surface area contributed by atoms with E-state index in [4.69, 9.17) is 0 Å². The van der Waals surface area contributed by atoms with Crippen LogP contribution in [0.15, 0.2) is 12.1 Å². The predicted molar refractivity (Wildman–Crippen MR) is 59.2 cm³/mol. The molecule has 2 rings (SSSR count). The van der Waals surface area contributed by atoms with Crippen molar-refractivity contribution in [3.8, 4) is 0 Å². The van der Waals surface area contributed by atoms with Gasteiger partial charge in [-0.1, -0.05) is 19.8 Å². The number of hydrogen-bond donors (Lipinski definition) is 1. The molecular formula is C12H14F2N2. The lowest BCUT2D eigenvalue weighted by molar-refractivity contribution is 0.510. The van der Waals surface area contributed by atoms with Gasteiger partial charge in [-0.2, -0.15) is 0 Å². The van der Waals surface area contributed by atoms with Crippen molar-refractivity contribution in [2.45, 2.75) is 32.6 Å². The van der Waals surface area contributed by atoms with Gasteiger partial charge in [-0.05, 0) is 6.42 Å². The number of rotatable bonds is 4. The normalized spacial score (nSPS) is 11.2. The molecule has 0 atom stereocenters. The summed E-state index contributed by atoms with van der Waals surface area (Å²) in [6.07, 6.45) is 4.15. The highest BCUT2D eigenvalue weighted by atomic mass is 19.2. The van der Waals surface area contributed by atoms with E-state index in [-0.39, 0.29) is 0 Å². The van der Waals surface area contributed by atoms with Crippen LogP contribution in [0, 0.1) is 11.6 Å². The average Bonchev–Trinajstić information content (AvgIpc) is 2.61. The lowest BCUT2D eigenvalue weighted by atomic mass is 10.2. The fourth-order valence-electron chi connectivity index (χ4n) is 1.72. The molecule has 1 heterocycles. The summed E-state index contributed by atoms with van der Waals surface area (Å²) in [5, 5.41) is 0. The number of H-pyrrole nitrogens is 1. The first-order valence-electron chi connectivity index (χ1n) is 5.54. The number of halogens is 2. The Morgan fingerprint density at radius 3 is 2.69 bits per heavy atom. The maximum absolute atomic E-state index is 12.9. The van der Waals surface area contributed by atoms with Crippen LogP contribution in [0.5, 0.6) is 0 Å². The molecule has 1 N–H and O–H groups in total. The summed E-state index contributed by atoms with van der Waals surface area (Å²) in [5.41, 5.74) is 1.05. The largest absolute Gasteiger partial charge is 0.342 e. The van der Waals surface area contributed by atoms with Crippen molar-refractivity contribution in [2.75, 3.05) is 0 Å². The van der Waals surface area contributed by atoms with Gasteiger partial charge in [0, 0.05) is 18.6 Å². The minimum Gasteiger partial charge on any atom is -0.342 e. The van der Waals surface area contributed by atoms with E-state index in [0.29, 0.717) is 11.0 Å². The van der Waals surface area contributed by atoms with E-state index in [2.05, 4.69) is 16.9 Å². The Bertz CT molecular complexity index is 452. The SMILES string of the molecule is CCCCCc1nc2cc(F)c(F)cc2[nH]1. The molecule has 0 bridgehead atoms. The Labute approximate surface area is 92.7 Å². The van der Waals surface area contributed by atoms with Gasteiger partial charge < -0.3 is 4.98 Å². The zero-order chi connectivity index (χ0) is 11.5. The quantitative estimate of drug-likeness (QED) is 0.790. The van der Waals surface area contributed by atoms with E-state index in [1.165, 1.54) is 0 Å². The Morgan fingerprint density at radius 2 is 1.94 bits per heavy atom. The highest BCUT2D eigenvalue weighted by Gasteiger charge is 2.08. The summed E-state index contributed by atoms with van der Waals surface area (Å²) in [6, 6.07) is 2.28. The summed E-state index contributed by atoms with van der Waals surface area (Å²) in [6.45, 7) is 2.13. The van der Waals surface area contributed by atoms with E-state index >= 15 is 0 Å². The Morgan fingerprint density at radius 1 is 1.19 bits per heavy atom. The first-order valence-corrected chi connectivity index (χ1v) is 5.54. The van der Waals surface area contributed by atoms with Gasteiger partial charge in [0.25, 0.3) is 0 Å². The molecule has 1 aromatic heterocycles. The lowest BCUT2D eigenvalue weighted by Gasteiger charge is -1.93. The molecule has 0 aliphatic heterocycles. The lowest BCUT2D eigenvalue weighted by Crippen LogP contribution is -1.87. The van der Waals surface area contributed by atoms with Gasteiger partial charge in [0.2, 0.25) is 0 Å². The molecule has 2 nitrogen and oxygen atoms in total. The number of benzene rings is 1. The molecule has 4 heteroatoms. The van der Waals surface area contributed by atoms with Gasteiger partial charge in [0.1, 0.15) is 5.82 Å². The van der Waals surface area contributed by atoms with Gasteiger partial charge >= 0.3 is 0 Å². The fourth-order valence-corrected chi connectivity index (χ4v) is 1.72. The van der Waals surface area contributed by atoms with Crippen LogP contribution in [0.25, 0.3) is 11.0 Å². The summed E-state index contributed by atoms with van der Waals surface area (Å²) in [4.78, 5) is 7.23. The second kappa shape index (κ2) is 4.60. The minimum atomic E-state index is -0.848. The van der Waals surface area contributed by atoms with E-state index in [9.17, 15) is 8.78 Å². The third-order valence-electron chi connectivity index (χ3n) is 2.59. The molecule has 0 fully saturated rings. The number of aromatic nitrogens is 2. The van der Waals surface area contributed by atoms with Crippen LogP contribution >= 0.6 is 0 Å².